The Balaban J connectivity index is 2.08. The lowest BCUT2D eigenvalue weighted by molar-refractivity contribution is 0.304. The van der Waals surface area contributed by atoms with E-state index in [0.717, 1.165) is 32.8 Å². The molecule has 18 heavy (non-hydrogen) atoms. The van der Waals surface area contributed by atoms with E-state index < -0.39 is 0 Å². The zero-order chi connectivity index (χ0) is 13.0. The first-order valence-electron chi connectivity index (χ1n) is 5.72. The lowest BCUT2D eigenvalue weighted by atomic mass is 10.2. The van der Waals surface area contributed by atoms with Gasteiger partial charge in [-0.05, 0) is 37.7 Å². The van der Waals surface area contributed by atoms with Crippen LogP contribution in [0.25, 0.3) is 0 Å². The fourth-order valence-corrected chi connectivity index (χ4v) is 2.62. The average molecular weight is 283 g/mol. The molecule has 2 heterocycles. The Bertz CT molecular complexity index is 527. The van der Waals surface area contributed by atoms with Crippen LogP contribution in [0.3, 0.4) is 0 Å². The Morgan fingerprint density at radius 3 is 2.83 bits per heavy atom. The SMILES string of the molecule is Cc1ccc(OCc2ccc(Cl)s2)c(CCN)n1. The molecule has 0 fully saturated rings. The Kier molecular flexibility index (Phi) is 4.58. The van der Waals surface area contributed by atoms with Gasteiger partial charge in [0.2, 0.25) is 0 Å². The molecule has 0 aliphatic carbocycles. The normalized spacial score (nSPS) is 10.6. The molecule has 0 atom stereocenters. The molecule has 2 aromatic heterocycles. The quantitative estimate of drug-likeness (QED) is 0.916. The molecule has 0 radical (unpaired) electrons. The molecule has 0 aromatic carbocycles. The summed E-state index contributed by atoms with van der Waals surface area (Å²) in [6.07, 6.45) is 0.724. The summed E-state index contributed by atoms with van der Waals surface area (Å²) in [5.74, 6) is 0.801. The van der Waals surface area contributed by atoms with Crippen molar-refractivity contribution in [1.82, 2.24) is 4.98 Å². The first-order chi connectivity index (χ1) is 8.69. The highest BCUT2D eigenvalue weighted by Gasteiger charge is 2.06. The number of aryl methyl sites for hydroxylation is 1. The Hall–Kier alpha value is -1.10. The van der Waals surface area contributed by atoms with Gasteiger partial charge in [0.25, 0.3) is 0 Å². The van der Waals surface area contributed by atoms with Gasteiger partial charge in [-0.1, -0.05) is 11.6 Å². The summed E-state index contributed by atoms with van der Waals surface area (Å²) in [5.41, 5.74) is 7.47. The minimum Gasteiger partial charge on any atom is -0.486 e. The Morgan fingerprint density at radius 2 is 2.17 bits per heavy atom. The number of aromatic nitrogens is 1. The first kappa shape index (κ1) is 13.3. The van der Waals surface area contributed by atoms with Crippen LogP contribution < -0.4 is 10.5 Å². The number of thiophene rings is 1. The molecule has 5 heteroatoms. The van der Waals surface area contributed by atoms with Gasteiger partial charge < -0.3 is 10.5 Å². The van der Waals surface area contributed by atoms with Crippen molar-refractivity contribution in [3.63, 3.8) is 0 Å². The Labute approximate surface area is 116 Å². The fraction of sp³-hybridized carbons (Fsp3) is 0.308. The van der Waals surface area contributed by atoms with Crippen molar-refractivity contribution in [3.05, 3.63) is 44.9 Å². The molecule has 2 aromatic rings. The highest BCUT2D eigenvalue weighted by molar-refractivity contribution is 7.16. The second-order valence-electron chi connectivity index (χ2n) is 3.93. The molecule has 0 saturated carbocycles. The van der Waals surface area contributed by atoms with Crippen LogP contribution in [0.1, 0.15) is 16.3 Å². The van der Waals surface area contributed by atoms with Gasteiger partial charge in [-0.25, -0.2) is 0 Å². The smallest absolute Gasteiger partial charge is 0.141 e. The molecule has 96 valence electrons. The maximum Gasteiger partial charge on any atom is 0.141 e. The highest BCUT2D eigenvalue weighted by Crippen LogP contribution is 2.24. The molecule has 0 aliphatic rings. The Morgan fingerprint density at radius 1 is 1.33 bits per heavy atom. The summed E-state index contributed by atoms with van der Waals surface area (Å²) in [6.45, 7) is 3.04. The lowest BCUT2D eigenvalue weighted by Gasteiger charge is -2.10. The standard InChI is InChI=1S/C13H15ClN2OS/c1-9-2-4-12(11(16-9)6-7-15)17-8-10-3-5-13(14)18-10/h2-5H,6-8,15H2,1H3. The van der Waals surface area contributed by atoms with Gasteiger partial charge in [-0.3, -0.25) is 4.98 Å². The van der Waals surface area contributed by atoms with E-state index in [9.17, 15) is 0 Å². The van der Waals surface area contributed by atoms with Crippen molar-refractivity contribution < 1.29 is 4.74 Å². The van der Waals surface area contributed by atoms with Gasteiger partial charge in [0, 0.05) is 17.0 Å². The fourth-order valence-electron chi connectivity index (χ4n) is 1.62. The maximum atomic E-state index is 5.88. The number of hydrogen-bond acceptors (Lipinski definition) is 4. The van der Waals surface area contributed by atoms with Crippen LogP contribution in [-0.2, 0) is 13.0 Å². The number of nitrogens with two attached hydrogens (primary N) is 1. The van der Waals surface area contributed by atoms with Crippen LogP contribution in [-0.4, -0.2) is 11.5 Å². The van der Waals surface area contributed by atoms with Crippen LogP contribution in [0.2, 0.25) is 4.34 Å². The summed E-state index contributed by atoms with van der Waals surface area (Å²) in [6, 6.07) is 7.73. The highest BCUT2D eigenvalue weighted by atomic mass is 35.5. The maximum absolute atomic E-state index is 5.88. The minimum atomic E-state index is 0.514. The van der Waals surface area contributed by atoms with E-state index in [1.54, 1.807) is 0 Å². The van der Waals surface area contributed by atoms with Gasteiger partial charge in [0.1, 0.15) is 12.4 Å². The molecule has 0 unspecified atom stereocenters. The predicted octanol–water partition coefficient (Wildman–Crippen LogP) is 3.19. The van der Waals surface area contributed by atoms with Crippen molar-refractivity contribution in [3.8, 4) is 5.75 Å². The van der Waals surface area contributed by atoms with E-state index in [-0.39, 0.29) is 0 Å². The number of pyridine rings is 1. The van der Waals surface area contributed by atoms with Crippen LogP contribution in [0.5, 0.6) is 5.75 Å². The molecule has 0 amide bonds. The van der Waals surface area contributed by atoms with Crippen LogP contribution in [0.4, 0.5) is 0 Å². The van der Waals surface area contributed by atoms with Crippen molar-refractivity contribution in [2.24, 2.45) is 5.73 Å². The van der Waals surface area contributed by atoms with Gasteiger partial charge in [0.15, 0.2) is 0 Å². The molecule has 0 saturated heterocycles. The van der Waals surface area contributed by atoms with Crippen molar-refractivity contribution in [2.45, 2.75) is 20.0 Å². The molecular weight excluding hydrogens is 268 g/mol. The predicted molar refractivity (Wildman–Crippen MR) is 75.4 cm³/mol. The summed E-state index contributed by atoms with van der Waals surface area (Å²) in [7, 11) is 0. The summed E-state index contributed by atoms with van der Waals surface area (Å²) in [5, 5.41) is 0. The third-order valence-electron chi connectivity index (χ3n) is 2.45. The summed E-state index contributed by atoms with van der Waals surface area (Å²) < 4.78 is 6.55. The van der Waals surface area contributed by atoms with Crippen LogP contribution in [0.15, 0.2) is 24.3 Å². The zero-order valence-electron chi connectivity index (χ0n) is 10.1. The molecule has 0 bridgehead atoms. The van der Waals surface area contributed by atoms with Crippen molar-refractivity contribution in [1.29, 1.82) is 0 Å². The molecule has 3 nitrogen and oxygen atoms in total. The largest absolute Gasteiger partial charge is 0.486 e. The average Bonchev–Trinajstić information content (AvgIpc) is 2.75. The van der Waals surface area contributed by atoms with Crippen LogP contribution >= 0.6 is 22.9 Å². The second kappa shape index (κ2) is 6.18. The van der Waals surface area contributed by atoms with E-state index in [0.29, 0.717) is 13.2 Å². The summed E-state index contributed by atoms with van der Waals surface area (Å²) >= 11 is 7.40. The number of hydrogen-bond donors (Lipinski definition) is 1. The third kappa shape index (κ3) is 3.45. The van der Waals surface area contributed by atoms with Gasteiger partial charge >= 0.3 is 0 Å². The van der Waals surface area contributed by atoms with Gasteiger partial charge in [-0.2, -0.15) is 0 Å². The molecule has 0 spiro atoms. The molecular formula is C13H15ClN2OS. The van der Waals surface area contributed by atoms with Crippen LogP contribution in [0, 0.1) is 6.92 Å². The molecule has 2 N–H and O–H groups in total. The minimum absolute atomic E-state index is 0.514. The monoisotopic (exact) mass is 282 g/mol. The third-order valence-corrected chi connectivity index (χ3v) is 3.66. The van der Waals surface area contributed by atoms with Crippen molar-refractivity contribution >= 4 is 22.9 Å². The topological polar surface area (TPSA) is 48.1 Å². The molecule has 0 aliphatic heterocycles. The number of ether oxygens (including phenoxy) is 1. The zero-order valence-corrected chi connectivity index (χ0v) is 11.7. The van der Waals surface area contributed by atoms with E-state index in [2.05, 4.69) is 4.98 Å². The van der Waals surface area contributed by atoms with E-state index in [1.807, 2.05) is 31.2 Å². The van der Waals surface area contributed by atoms with E-state index in [1.165, 1.54) is 11.3 Å². The van der Waals surface area contributed by atoms with E-state index >= 15 is 0 Å². The van der Waals surface area contributed by atoms with Gasteiger partial charge in [0.05, 0.1) is 10.0 Å². The number of halogens is 1. The lowest BCUT2D eigenvalue weighted by Crippen LogP contribution is -2.07. The van der Waals surface area contributed by atoms with E-state index in [4.69, 9.17) is 22.1 Å². The second-order valence-corrected chi connectivity index (χ2v) is 5.73. The summed E-state index contributed by atoms with van der Waals surface area (Å²) in [4.78, 5) is 5.55. The number of nitrogens with zero attached hydrogens (tertiary/aromatic N) is 1. The van der Waals surface area contributed by atoms with Crippen molar-refractivity contribution in [2.75, 3.05) is 6.54 Å². The molecule has 2 rings (SSSR count). The number of rotatable bonds is 5. The first-order valence-corrected chi connectivity index (χ1v) is 6.92. The van der Waals surface area contributed by atoms with Gasteiger partial charge in [-0.15, -0.1) is 11.3 Å².